The van der Waals surface area contributed by atoms with Gasteiger partial charge in [0, 0.05) is 29.2 Å². The molecule has 0 aliphatic heterocycles. The Morgan fingerprint density at radius 3 is 2.75 bits per heavy atom. The number of rotatable bonds is 2. The third-order valence-corrected chi connectivity index (χ3v) is 3.50. The van der Waals surface area contributed by atoms with Crippen molar-refractivity contribution in [3.8, 4) is 0 Å². The van der Waals surface area contributed by atoms with Gasteiger partial charge in [-0.1, -0.05) is 12.1 Å². The molecule has 2 aromatic rings. The number of nitrogens with zero attached hydrogens (tertiary/aromatic N) is 1. The normalized spacial score (nSPS) is 15.6. The molecule has 0 radical (unpaired) electrons. The average Bonchev–Trinajstić information content (AvgIpc) is 3.04. The lowest BCUT2D eigenvalue weighted by molar-refractivity contribution is 0.101. The molecule has 1 aromatic carbocycles. The number of hydrogen-bond donors (Lipinski definition) is 0. The molecule has 82 valence electrons. The first kappa shape index (κ1) is 9.64. The first-order valence-corrected chi connectivity index (χ1v) is 5.78. The molecule has 2 nitrogen and oxygen atoms in total. The van der Waals surface area contributed by atoms with Gasteiger partial charge in [-0.15, -0.1) is 0 Å². The third-order valence-electron chi connectivity index (χ3n) is 3.50. The van der Waals surface area contributed by atoms with E-state index in [1.807, 2.05) is 12.1 Å². The summed E-state index contributed by atoms with van der Waals surface area (Å²) in [5.41, 5.74) is 3.40. The number of Topliss-reactive ketones (excluding diaryl/α,β-unsaturated/α-hetero) is 1. The predicted molar refractivity (Wildman–Crippen MR) is 64.9 cm³/mol. The summed E-state index contributed by atoms with van der Waals surface area (Å²) in [6.07, 6.45) is 2.58. The average molecular weight is 213 g/mol. The van der Waals surface area contributed by atoms with E-state index >= 15 is 0 Å². The largest absolute Gasteiger partial charge is 0.347 e. The van der Waals surface area contributed by atoms with Crippen molar-refractivity contribution in [1.82, 2.24) is 4.57 Å². The smallest absolute Gasteiger partial charge is 0.160 e. The van der Waals surface area contributed by atoms with Crippen molar-refractivity contribution in [2.75, 3.05) is 0 Å². The fraction of sp³-hybridized carbons (Fsp3) is 0.357. The van der Waals surface area contributed by atoms with Crippen LogP contribution in [0.5, 0.6) is 0 Å². The topological polar surface area (TPSA) is 22.0 Å². The summed E-state index contributed by atoms with van der Waals surface area (Å²) in [6.45, 7) is 1.64. The molecule has 0 amide bonds. The molecule has 1 aliphatic carbocycles. The van der Waals surface area contributed by atoms with Crippen LogP contribution < -0.4 is 0 Å². The molecule has 2 heteroatoms. The minimum absolute atomic E-state index is 0.151. The van der Waals surface area contributed by atoms with Gasteiger partial charge >= 0.3 is 0 Å². The summed E-state index contributed by atoms with van der Waals surface area (Å²) in [5, 5.41) is 1.11. The highest BCUT2D eigenvalue weighted by Gasteiger charge is 2.27. The van der Waals surface area contributed by atoms with Crippen LogP contribution in [0.15, 0.2) is 24.3 Å². The molecule has 3 rings (SSSR count). The highest BCUT2D eigenvalue weighted by molar-refractivity contribution is 6.06. The second kappa shape index (κ2) is 3.21. The summed E-state index contributed by atoms with van der Waals surface area (Å²) in [5.74, 6) is 0.871. The summed E-state index contributed by atoms with van der Waals surface area (Å²) in [7, 11) is 2.10. The first-order valence-electron chi connectivity index (χ1n) is 5.78. The fourth-order valence-electron chi connectivity index (χ4n) is 2.46. The van der Waals surface area contributed by atoms with Gasteiger partial charge in [-0.2, -0.15) is 0 Å². The second-order valence-electron chi connectivity index (χ2n) is 4.70. The second-order valence-corrected chi connectivity index (χ2v) is 4.70. The molecule has 0 atom stereocenters. The lowest BCUT2D eigenvalue weighted by atomic mass is 10.1. The molecule has 1 aliphatic rings. The summed E-state index contributed by atoms with van der Waals surface area (Å²) >= 11 is 0. The van der Waals surface area contributed by atoms with Crippen LogP contribution in [0.25, 0.3) is 10.9 Å². The number of carbonyl (C=O) groups is 1. The Morgan fingerprint density at radius 2 is 2.12 bits per heavy atom. The quantitative estimate of drug-likeness (QED) is 0.702. The lowest BCUT2D eigenvalue weighted by Gasteiger charge is -2.02. The van der Waals surface area contributed by atoms with Crippen molar-refractivity contribution in [3.63, 3.8) is 0 Å². The third kappa shape index (κ3) is 1.29. The van der Waals surface area contributed by atoms with E-state index < -0.39 is 0 Å². The molecule has 1 saturated carbocycles. The molecule has 1 aromatic heterocycles. The molecule has 0 bridgehead atoms. The Hall–Kier alpha value is -1.57. The Bertz CT molecular complexity index is 576. The zero-order valence-corrected chi connectivity index (χ0v) is 9.66. The van der Waals surface area contributed by atoms with E-state index in [0.29, 0.717) is 0 Å². The maximum atomic E-state index is 11.6. The number of ketones is 1. The molecule has 16 heavy (non-hydrogen) atoms. The van der Waals surface area contributed by atoms with E-state index in [9.17, 15) is 4.79 Å². The number of aromatic nitrogens is 1. The number of fused-ring (bicyclic) bond motifs is 1. The van der Waals surface area contributed by atoms with Gasteiger partial charge in [-0.25, -0.2) is 0 Å². The van der Waals surface area contributed by atoms with Crippen molar-refractivity contribution in [1.29, 1.82) is 0 Å². The molecule has 0 N–H and O–H groups in total. The van der Waals surface area contributed by atoms with Crippen LogP contribution in [0, 0.1) is 0 Å². The van der Waals surface area contributed by atoms with Gasteiger partial charge in [0.05, 0.1) is 0 Å². The highest BCUT2D eigenvalue weighted by atomic mass is 16.1. The Balaban J connectivity index is 2.31. The molecule has 1 fully saturated rings. The van der Waals surface area contributed by atoms with Crippen LogP contribution in [0.3, 0.4) is 0 Å². The van der Waals surface area contributed by atoms with Crippen LogP contribution in [0.4, 0.5) is 0 Å². The Labute approximate surface area is 94.9 Å². The standard InChI is InChI=1S/C14H15NO/c1-9(16)11-4-3-5-13-12(11)8-14(15(13)2)10-6-7-10/h3-5,8,10H,6-7H2,1-2H3. The van der Waals surface area contributed by atoms with Gasteiger partial charge < -0.3 is 4.57 Å². The molecular formula is C14H15NO. The minimum atomic E-state index is 0.151. The van der Waals surface area contributed by atoms with Gasteiger partial charge in [0.25, 0.3) is 0 Å². The van der Waals surface area contributed by atoms with Crippen LogP contribution in [0.1, 0.15) is 41.7 Å². The van der Waals surface area contributed by atoms with E-state index in [-0.39, 0.29) is 5.78 Å². The van der Waals surface area contributed by atoms with Gasteiger partial charge in [0.1, 0.15) is 0 Å². The maximum absolute atomic E-state index is 11.6. The van der Waals surface area contributed by atoms with E-state index in [0.717, 1.165) is 16.9 Å². The zero-order chi connectivity index (χ0) is 11.3. The van der Waals surface area contributed by atoms with Crippen LogP contribution in [-0.4, -0.2) is 10.4 Å². The van der Waals surface area contributed by atoms with Gasteiger partial charge in [-0.3, -0.25) is 4.79 Å². The SMILES string of the molecule is CC(=O)c1cccc2c1cc(C1CC1)n2C. The number of benzene rings is 1. The molecule has 0 saturated heterocycles. The molecule has 0 unspecified atom stereocenters. The Kier molecular flexibility index (Phi) is 1.93. The lowest BCUT2D eigenvalue weighted by Crippen LogP contribution is -1.94. The van der Waals surface area contributed by atoms with Crippen LogP contribution in [-0.2, 0) is 7.05 Å². The monoisotopic (exact) mass is 213 g/mol. The predicted octanol–water partition coefficient (Wildman–Crippen LogP) is 3.26. The number of aryl methyl sites for hydroxylation is 1. The Morgan fingerprint density at radius 1 is 1.38 bits per heavy atom. The van der Waals surface area contributed by atoms with Crippen molar-refractivity contribution in [2.45, 2.75) is 25.7 Å². The zero-order valence-electron chi connectivity index (χ0n) is 9.66. The molecule has 1 heterocycles. The fourth-order valence-corrected chi connectivity index (χ4v) is 2.46. The van der Waals surface area contributed by atoms with Crippen molar-refractivity contribution >= 4 is 16.7 Å². The van der Waals surface area contributed by atoms with Gasteiger partial charge in [0.15, 0.2) is 5.78 Å². The van der Waals surface area contributed by atoms with Crippen molar-refractivity contribution < 1.29 is 4.79 Å². The number of carbonyl (C=O) groups excluding carboxylic acids is 1. The van der Waals surface area contributed by atoms with Gasteiger partial charge in [0.2, 0.25) is 0 Å². The first-order chi connectivity index (χ1) is 7.68. The van der Waals surface area contributed by atoms with E-state index in [1.54, 1.807) is 6.92 Å². The molecular weight excluding hydrogens is 198 g/mol. The van der Waals surface area contributed by atoms with Crippen LogP contribution >= 0.6 is 0 Å². The maximum Gasteiger partial charge on any atom is 0.160 e. The summed E-state index contributed by atoms with van der Waals surface area (Å²) < 4.78 is 2.24. The molecule has 0 spiro atoms. The van der Waals surface area contributed by atoms with E-state index in [4.69, 9.17) is 0 Å². The van der Waals surface area contributed by atoms with Crippen molar-refractivity contribution in [2.24, 2.45) is 7.05 Å². The minimum Gasteiger partial charge on any atom is -0.347 e. The van der Waals surface area contributed by atoms with E-state index in [2.05, 4.69) is 23.7 Å². The highest BCUT2D eigenvalue weighted by Crippen LogP contribution is 2.42. The van der Waals surface area contributed by atoms with Gasteiger partial charge in [-0.05, 0) is 37.8 Å². The van der Waals surface area contributed by atoms with Crippen molar-refractivity contribution in [3.05, 3.63) is 35.5 Å². The van der Waals surface area contributed by atoms with Crippen LogP contribution in [0.2, 0.25) is 0 Å². The summed E-state index contributed by atoms with van der Waals surface area (Å²) in [6, 6.07) is 8.18. The summed E-state index contributed by atoms with van der Waals surface area (Å²) in [4.78, 5) is 11.6. The number of hydrogen-bond acceptors (Lipinski definition) is 1. The van der Waals surface area contributed by atoms with E-state index in [1.165, 1.54) is 24.1 Å².